The van der Waals surface area contributed by atoms with Crippen LogP contribution in [0.2, 0.25) is 0 Å². The number of hydrogen-bond donors (Lipinski definition) is 2. The van der Waals surface area contributed by atoms with Gasteiger partial charge in [0.15, 0.2) is 4.87 Å². The zero-order valence-corrected chi connectivity index (χ0v) is 5.05. The molecule has 0 saturated heterocycles. The SMILES string of the molecule is CC(N)(S)C(F)(F)F. The van der Waals surface area contributed by atoms with Gasteiger partial charge in [0.05, 0.1) is 0 Å². The minimum atomic E-state index is -4.42. The molecule has 1 atom stereocenters. The molecule has 0 bridgehead atoms. The van der Waals surface area contributed by atoms with Gasteiger partial charge in [0.25, 0.3) is 0 Å². The van der Waals surface area contributed by atoms with Crippen LogP contribution in [0.5, 0.6) is 0 Å². The van der Waals surface area contributed by atoms with E-state index in [4.69, 9.17) is 0 Å². The van der Waals surface area contributed by atoms with Crippen molar-refractivity contribution >= 4 is 12.6 Å². The highest BCUT2D eigenvalue weighted by molar-refractivity contribution is 7.81. The van der Waals surface area contributed by atoms with Crippen molar-refractivity contribution in [3.8, 4) is 0 Å². The van der Waals surface area contributed by atoms with Crippen molar-refractivity contribution in [2.24, 2.45) is 5.73 Å². The van der Waals surface area contributed by atoms with Crippen molar-refractivity contribution < 1.29 is 13.2 Å². The second kappa shape index (κ2) is 1.80. The van der Waals surface area contributed by atoms with Gasteiger partial charge in [-0.1, -0.05) is 0 Å². The van der Waals surface area contributed by atoms with E-state index in [1.807, 2.05) is 0 Å². The molecular weight excluding hydrogens is 139 g/mol. The Labute approximate surface area is 50.5 Å². The van der Waals surface area contributed by atoms with Gasteiger partial charge in [0.2, 0.25) is 0 Å². The van der Waals surface area contributed by atoms with Crippen molar-refractivity contribution in [3.05, 3.63) is 0 Å². The Hall–Kier alpha value is 0.100. The van der Waals surface area contributed by atoms with E-state index in [1.165, 1.54) is 0 Å². The van der Waals surface area contributed by atoms with Crippen molar-refractivity contribution in [3.63, 3.8) is 0 Å². The Morgan fingerprint density at radius 1 is 1.38 bits per heavy atom. The summed E-state index contributed by atoms with van der Waals surface area (Å²) in [7, 11) is 0. The lowest BCUT2D eigenvalue weighted by Gasteiger charge is -2.20. The fourth-order valence-corrected chi connectivity index (χ4v) is 0. The lowest BCUT2D eigenvalue weighted by atomic mass is 10.3. The molecule has 1 nitrogen and oxygen atoms in total. The maximum absolute atomic E-state index is 11.4. The number of hydrogen-bond acceptors (Lipinski definition) is 2. The molecule has 0 aromatic carbocycles. The van der Waals surface area contributed by atoms with Crippen LogP contribution in [0.4, 0.5) is 13.2 Å². The summed E-state index contributed by atoms with van der Waals surface area (Å²) >= 11 is 3.09. The average Bonchev–Trinajstić information content (AvgIpc) is 1.25. The number of thiol groups is 1. The third-order valence-corrected chi connectivity index (χ3v) is 0.827. The summed E-state index contributed by atoms with van der Waals surface area (Å²) in [6, 6.07) is 0. The van der Waals surface area contributed by atoms with E-state index in [-0.39, 0.29) is 0 Å². The predicted molar refractivity (Wildman–Crippen MR) is 27.6 cm³/mol. The Kier molecular flexibility index (Phi) is 1.83. The van der Waals surface area contributed by atoms with Crippen molar-refractivity contribution in [1.29, 1.82) is 0 Å². The van der Waals surface area contributed by atoms with Crippen molar-refractivity contribution in [2.75, 3.05) is 0 Å². The third kappa shape index (κ3) is 1.92. The third-order valence-electron chi connectivity index (χ3n) is 0.574. The zero-order valence-electron chi connectivity index (χ0n) is 4.16. The molecule has 0 fully saturated rings. The molecule has 0 aromatic rings. The fourth-order valence-electron chi connectivity index (χ4n) is 0. The molecule has 0 heterocycles. The van der Waals surface area contributed by atoms with Crippen LogP contribution in [0.15, 0.2) is 0 Å². The van der Waals surface area contributed by atoms with E-state index >= 15 is 0 Å². The van der Waals surface area contributed by atoms with E-state index < -0.39 is 11.0 Å². The quantitative estimate of drug-likeness (QED) is 0.388. The molecule has 8 heavy (non-hydrogen) atoms. The van der Waals surface area contributed by atoms with Crippen LogP contribution in [-0.4, -0.2) is 11.0 Å². The van der Waals surface area contributed by atoms with Gasteiger partial charge in [0.1, 0.15) is 0 Å². The number of alkyl halides is 3. The van der Waals surface area contributed by atoms with Crippen LogP contribution < -0.4 is 5.73 Å². The van der Waals surface area contributed by atoms with E-state index in [2.05, 4.69) is 18.4 Å². The first kappa shape index (κ1) is 8.10. The molecule has 0 radical (unpaired) electrons. The summed E-state index contributed by atoms with van der Waals surface area (Å²) in [5, 5.41) is 0. The van der Waals surface area contributed by atoms with Crippen LogP contribution >= 0.6 is 12.6 Å². The molecule has 1 unspecified atom stereocenters. The van der Waals surface area contributed by atoms with Crippen LogP contribution in [0.1, 0.15) is 6.92 Å². The van der Waals surface area contributed by atoms with Gasteiger partial charge in [0, 0.05) is 0 Å². The first-order valence-corrected chi connectivity index (χ1v) is 2.28. The highest BCUT2D eigenvalue weighted by Gasteiger charge is 2.45. The molecule has 0 spiro atoms. The standard InChI is InChI=1S/C3H6F3NS/c1-2(7,8)3(4,5)6/h8H,7H2,1H3. The summed E-state index contributed by atoms with van der Waals surface area (Å²) in [5.74, 6) is 0. The average molecular weight is 145 g/mol. The van der Waals surface area contributed by atoms with Gasteiger partial charge in [-0.25, -0.2) is 0 Å². The summed E-state index contributed by atoms with van der Waals surface area (Å²) in [6.07, 6.45) is -4.42. The minimum Gasteiger partial charge on any atom is -0.310 e. The maximum Gasteiger partial charge on any atom is 0.415 e. The first-order chi connectivity index (χ1) is 3.25. The van der Waals surface area contributed by atoms with Gasteiger partial charge < -0.3 is 5.73 Å². The molecular formula is C3H6F3NS. The van der Waals surface area contributed by atoms with Gasteiger partial charge >= 0.3 is 6.18 Å². The molecule has 0 rings (SSSR count). The first-order valence-electron chi connectivity index (χ1n) is 1.83. The molecule has 0 aromatic heterocycles. The van der Waals surface area contributed by atoms with Crippen LogP contribution in [0.25, 0.3) is 0 Å². The van der Waals surface area contributed by atoms with E-state index in [1.54, 1.807) is 0 Å². The van der Waals surface area contributed by atoms with Crippen molar-refractivity contribution in [1.82, 2.24) is 0 Å². The molecule has 0 aliphatic carbocycles. The molecule has 0 amide bonds. The largest absolute Gasteiger partial charge is 0.415 e. The maximum atomic E-state index is 11.4. The van der Waals surface area contributed by atoms with E-state index in [0.717, 1.165) is 6.92 Å². The highest BCUT2D eigenvalue weighted by Crippen LogP contribution is 2.29. The topological polar surface area (TPSA) is 26.0 Å². The summed E-state index contributed by atoms with van der Waals surface area (Å²) in [4.78, 5) is -2.37. The van der Waals surface area contributed by atoms with Gasteiger partial charge in [-0.2, -0.15) is 13.2 Å². The minimum absolute atomic E-state index is 0.788. The normalized spacial score (nSPS) is 20.2. The van der Waals surface area contributed by atoms with E-state index in [0.29, 0.717) is 0 Å². The molecule has 2 N–H and O–H groups in total. The molecule has 0 saturated carbocycles. The smallest absolute Gasteiger partial charge is 0.310 e. The van der Waals surface area contributed by atoms with Crippen LogP contribution in [0, 0.1) is 0 Å². The van der Waals surface area contributed by atoms with Crippen LogP contribution in [-0.2, 0) is 0 Å². The highest BCUT2D eigenvalue weighted by atomic mass is 32.1. The lowest BCUT2D eigenvalue weighted by Crippen LogP contribution is -2.45. The summed E-state index contributed by atoms with van der Waals surface area (Å²) < 4.78 is 34.1. The zero-order chi connectivity index (χ0) is 7.00. The number of halogens is 3. The fraction of sp³-hybridized carbons (Fsp3) is 1.00. The predicted octanol–water partition coefficient (Wildman–Crippen LogP) is 1.15. The monoisotopic (exact) mass is 145 g/mol. The number of nitrogens with two attached hydrogens (primary N) is 1. The Balaban J connectivity index is 4.02. The van der Waals surface area contributed by atoms with Crippen LogP contribution in [0.3, 0.4) is 0 Å². The summed E-state index contributed by atoms with van der Waals surface area (Å²) in [5.41, 5.74) is 4.55. The Bertz CT molecular complexity index is 69.5. The molecule has 5 heteroatoms. The number of rotatable bonds is 0. The van der Waals surface area contributed by atoms with Gasteiger partial charge in [-0.3, -0.25) is 0 Å². The molecule has 0 aliphatic heterocycles. The second-order valence-electron chi connectivity index (χ2n) is 1.65. The molecule has 50 valence electrons. The second-order valence-corrected chi connectivity index (χ2v) is 2.57. The Morgan fingerprint density at radius 3 is 1.50 bits per heavy atom. The van der Waals surface area contributed by atoms with Gasteiger partial charge in [-0.05, 0) is 6.92 Å². The van der Waals surface area contributed by atoms with Gasteiger partial charge in [-0.15, -0.1) is 12.6 Å². The Morgan fingerprint density at radius 2 is 1.50 bits per heavy atom. The lowest BCUT2D eigenvalue weighted by molar-refractivity contribution is -0.153. The van der Waals surface area contributed by atoms with Crippen molar-refractivity contribution in [2.45, 2.75) is 18.0 Å². The van der Waals surface area contributed by atoms with E-state index in [9.17, 15) is 13.2 Å². The summed E-state index contributed by atoms with van der Waals surface area (Å²) in [6.45, 7) is 0.788. The molecule has 0 aliphatic rings.